The van der Waals surface area contributed by atoms with Gasteiger partial charge in [-0.2, -0.15) is 0 Å². The minimum atomic E-state index is 0.474. The molecule has 0 aliphatic heterocycles. The molecule has 96 valence electrons. The monoisotopic (exact) mass is 235 g/mol. The zero-order valence-electron chi connectivity index (χ0n) is 11.7. The van der Waals surface area contributed by atoms with Gasteiger partial charge >= 0.3 is 0 Å². The summed E-state index contributed by atoms with van der Waals surface area (Å²) in [7, 11) is 0. The summed E-state index contributed by atoms with van der Waals surface area (Å²) < 4.78 is 0. The molecule has 0 unspecified atom stereocenters. The fourth-order valence-corrected chi connectivity index (χ4v) is 1.83. The van der Waals surface area contributed by atoms with Gasteiger partial charge in [-0.05, 0) is 38.8 Å². The van der Waals surface area contributed by atoms with Crippen LogP contribution in [-0.4, -0.2) is 24.1 Å². The van der Waals surface area contributed by atoms with Crippen LogP contribution in [-0.2, 0) is 0 Å². The Hall–Kier alpha value is -1.25. The van der Waals surface area contributed by atoms with Gasteiger partial charge in [-0.1, -0.05) is 19.9 Å². The van der Waals surface area contributed by atoms with E-state index in [0.29, 0.717) is 12.0 Å². The molecular formula is C14H25N3. The molecule has 0 radical (unpaired) electrons. The molecule has 0 aromatic carbocycles. The number of aromatic nitrogens is 1. The highest BCUT2D eigenvalue weighted by Crippen LogP contribution is 2.18. The van der Waals surface area contributed by atoms with Gasteiger partial charge in [0.15, 0.2) is 0 Å². The zero-order chi connectivity index (χ0) is 12.8. The molecule has 1 rings (SSSR count). The third kappa shape index (κ3) is 4.25. The maximum absolute atomic E-state index is 4.65. The highest BCUT2D eigenvalue weighted by molar-refractivity contribution is 5.47. The Morgan fingerprint density at radius 1 is 1.24 bits per heavy atom. The Bertz CT molecular complexity index is 334. The van der Waals surface area contributed by atoms with Crippen molar-refractivity contribution in [1.29, 1.82) is 0 Å². The predicted molar refractivity (Wildman–Crippen MR) is 75.7 cm³/mol. The van der Waals surface area contributed by atoms with Crippen molar-refractivity contribution in [3.63, 3.8) is 0 Å². The van der Waals surface area contributed by atoms with Crippen molar-refractivity contribution in [1.82, 2.24) is 4.98 Å². The van der Waals surface area contributed by atoms with E-state index in [9.17, 15) is 0 Å². The van der Waals surface area contributed by atoms with Crippen LogP contribution >= 0.6 is 0 Å². The minimum Gasteiger partial charge on any atom is -0.370 e. The van der Waals surface area contributed by atoms with Crippen molar-refractivity contribution in [2.75, 3.05) is 23.3 Å². The minimum absolute atomic E-state index is 0.474. The maximum atomic E-state index is 4.65. The van der Waals surface area contributed by atoms with E-state index in [2.05, 4.69) is 62.0 Å². The van der Waals surface area contributed by atoms with Crippen molar-refractivity contribution in [3.8, 4) is 0 Å². The van der Waals surface area contributed by atoms with Crippen molar-refractivity contribution in [2.45, 2.75) is 40.7 Å². The number of pyridine rings is 1. The molecule has 0 bridgehead atoms. The molecule has 1 aromatic heterocycles. The Balaban J connectivity index is 2.89. The molecular weight excluding hydrogens is 210 g/mol. The van der Waals surface area contributed by atoms with Crippen LogP contribution in [0, 0.1) is 5.92 Å². The SMILES string of the molecule is CCNc1cccc(N(CC(C)C)C(C)C)n1. The summed E-state index contributed by atoms with van der Waals surface area (Å²) in [5.74, 6) is 2.66. The fourth-order valence-electron chi connectivity index (χ4n) is 1.83. The molecule has 0 aliphatic carbocycles. The van der Waals surface area contributed by atoms with E-state index in [1.165, 1.54) is 0 Å². The average Bonchev–Trinajstić information content (AvgIpc) is 2.26. The third-order valence-electron chi connectivity index (χ3n) is 2.57. The first-order valence-electron chi connectivity index (χ1n) is 6.52. The number of anilines is 2. The summed E-state index contributed by atoms with van der Waals surface area (Å²) in [5, 5.41) is 3.26. The van der Waals surface area contributed by atoms with Crippen LogP contribution in [0.4, 0.5) is 11.6 Å². The summed E-state index contributed by atoms with van der Waals surface area (Å²) in [4.78, 5) is 7.00. The molecule has 0 fully saturated rings. The van der Waals surface area contributed by atoms with E-state index in [0.717, 1.165) is 24.7 Å². The van der Waals surface area contributed by atoms with Crippen molar-refractivity contribution in [2.24, 2.45) is 5.92 Å². The number of nitrogens with zero attached hydrogens (tertiary/aromatic N) is 2. The van der Waals surface area contributed by atoms with Gasteiger partial charge in [-0.3, -0.25) is 0 Å². The van der Waals surface area contributed by atoms with E-state index in [4.69, 9.17) is 0 Å². The van der Waals surface area contributed by atoms with E-state index < -0.39 is 0 Å². The highest BCUT2D eigenvalue weighted by Gasteiger charge is 2.13. The summed E-state index contributed by atoms with van der Waals surface area (Å²) in [6.07, 6.45) is 0. The Kier molecular flexibility index (Phi) is 5.26. The standard InChI is InChI=1S/C14H25N3/c1-6-15-13-8-7-9-14(16-13)17(12(4)5)10-11(2)3/h7-9,11-12H,6,10H2,1-5H3,(H,15,16). The first kappa shape index (κ1) is 13.8. The van der Waals surface area contributed by atoms with Gasteiger partial charge in [0.1, 0.15) is 11.6 Å². The zero-order valence-corrected chi connectivity index (χ0v) is 11.7. The topological polar surface area (TPSA) is 28.2 Å². The number of rotatable bonds is 6. The second-order valence-electron chi connectivity index (χ2n) is 5.05. The second kappa shape index (κ2) is 6.48. The Morgan fingerprint density at radius 3 is 2.47 bits per heavy atom. The normalized spacial score (nSPS) is 11.0. The van der Waals surface area contributed by atoms with Crippen LogP contribution < -0.4 is 10.2 Å². The molecule has 1 N–H and O–H groups in total. The number of hydrogen-bond donors (Lipinski definition) is 1. The summed E-state index contributed by atoms with van der Waals surface area (Å²) in [5.41, 5.74) is 0. The van der Waals surface area contributed by atoms with Crippen LogP contribution in [0.2, 0.25) is 0 Å². The van der Waals surface area contributed by atoms with Crippen molar-refractivity contribution >= 4 is 11.6 Å². The number of hydrogen-bond acceptors (Lipinski definition) is 3. The maximum Gasteiger partial charge on any atom is 0.131 e. The van der Waals surface area contributed by atoms with Crippen molar-refractivity contribution < 1.29 is 0 Å². The molecule has 0 spiro atoms. The average molecular weight is 235 g/mol. The van der Waals surface area contributed by atoms with Gasteiger partial charge in [0, 0.05) is 19.1 Å². The molecule has 17 heavy (non-hydrogen) atoms. The van der Waals surface area contributed by atoms with Crippen LogP contribution in [0.1, 0.15) is 34.6 Å². The molecule has 3 heteroatoms. The molecule has 0 saturated heterocycles. The Morgan fingerprint density at radius 2 is 1.94 bits per heavy atom. The van der Waals surface area contributed by atoms with Gasteiger partial charge in [0.05, 0.1) is 0 Å². The first-order valence-corrected chi connectivity index (χ1v) is 6.52. The molecule has 0 aliphatic rings. The Labute approximate surface area is 105 Å². The fraction of sp³-hybridized carbons (Fsp3) is 0.643. The smallest absolute Gasteiger partial charge is 0.131 e. The second-order valence-corrected chi connectivity index (χ2v) is 5.05. The summed E-state index contributed by atoms with van der Waals surface area (Å²) >= 11 is 0. The van der Waals surface area contributed by atoms with Crippen molar-refractivity contribution in [3.05, 3.63) is 18.2 Å². The molecule has 1 heterocycles. The molecule has 0 saturated carbocycles. The van der Waals surface area contributed by atoms with Gasteiger partial charge in [0.2, 0.25) is 0 Å². The lowest BCUT2D eigenvalue weighted by Gasteiger charge is -2.29. The highest BCUT2D eigenvalue weighted by atomic mass is 15.2. The van der Waals surface area contributed by atoms with Gasteiger partial charge < -0.3 is 10.2 Å². The lowest BCUT2D eigenvalue weighted by Crippen LogP contribution is -2.34. The third-order valence-corrected chi connectivity index (χ3v) is 2.57. The van der Waals surface area contributed by atoms with Crippen LogP contribution in [0.15, 0.2) is 18.2 Å². The van der Waals surface area contributed by atoms with Crippen LogP contribution in [0.5, 0.6) is 0 Å². The van der Waals surface area contributed by atoms with Crippen LogP contribution in [0.25, 0.3) is 0 Å². The van der Waals surface area contributed by atoms with E-state index in [1.54, 1.807) is 0 Å². The molecule has 0 atom stereocenters. The largest absolute Gasteiger partial charge is 0.370 e. The number of nitrogens with one attached hydrogen (secondary N) is 1. The van der Waals surface area contributed by atoms with Gasteiger partial charge in [0.25, 0.3) is 0 Å². The van der Waals surface area contributed by atoms with Gasteiger partial charge in [-0.25, -0.2) is 4.98 Å². The summed E-state index contributed by atoms with van der Waals surface area (Å²) in [6.45, 7) is 12.9. The summed E-state index contributed by atoms with van der Waals surface area (Å²) in [6, 6.07) is 6.64. The van der Waals surface area contributed by atoms with Crippen LogP contribution in [0.3, 0.4) is 0 Å². The lowest BCUT2D eigenvalue weighted by atomic mass is 10.2. The molecule has 0 amide bonds. The van der Waals surface area contributed by atoms with Gasteiger partial charge in [-0.15, -0.1) is 0 Å². The quantitative estimate of drug-likeness (QED) is 0.819. The molecule has 1 aromatic rings. The molecule has 3 nitrogen and oxygen atoms in total. The van der Waals surface area contributed by atoms with E-state index in [-0.39, 0.29) is 0 Å². The first-order chi connectivity index (χ1) is 8.04. The van der Waals surface area contributed by atoms with E-state index >= 15 is 0 Å². The predicted octanol–water partition coefficient (Wildman–Crippen LogP) is 3.38. The lowest BCUT2D eigenvalue weighted by molar-refractivity contribution is 0.566. The van der Waals surface area contributed by atoms with E-state index in [1.807, 2.05) is 6.07 Å².